The van der Waals surface area contributed by atoms with Crippen LogP contribution in [0, 0.1) is 12.8 Å². The Bertz CT molecular complexity index is 683. The van der Waals surface area contributed by atoms with Crippen molar-refractivity contribution in [3.8, 4) is 0 Å². The van der Waals surface area contributed by atoms with Crippen LogP contribution >= 0.6 is 11.3 Å². The van der Waals surface area contributed by atoms with E-state index in [2.05, 4.69) is 15.3 Å². The normalized spacial score (nSPS) is 18.2. The Balaban J connectivity index is 1.57. The van der Waals surface area contributed by atoms with Gasteiger partial charge >= 0.3 is 0 Å². The molecule has 0 aromatic carbocycles. The molecule has 2 aromatic rings. The fraction of sp³-hybridized carbons (Fsp3) is 0.500. The Morgan fingerprint density at radius 3 is 2.83 bits per heavy atom. The van der Waals surface area contributed by atoms with Crippen LogP contribution in [0.5, 0.6) is 0 Å². The third-order valence-electron chi connectivity index (χ3n) is 4.55. The predicted octanol–water partition coefficient (Wildman–Crippen LogP) is 3.37. The molecule has 1 aliphatic heterocycles. The Morgan fingerprint density at radius 2 is 2.17 bits per heavy atom. The maximum atomic E-state index is 12.6. The van der Waals surface area contributed by atoms with Gasteiger partial charge in [-0.2, -0.15) is 0 Å². The van der Waals surface area contributed by atoms with Crippen LogP contribution < -0.4 is 5.32 Å². The number of nitrogens with one attached hydrogen (secondary N) is 1. The van der Waals surface area contributed by atoms with Crippen LogP contribution in [0.15, 0.2) is 24.5 Å². The molecule has 3 rings (SSSR count). The maximum absolute atomic E-state index is 12.6. The van der Waals surface area contributed by atoms with Crippen molar-refractivity contribution in [3.63, 3.8) is 0 Å². The van der Waals surface area contributed by atoms with Gasteiger partial charge in [0.15, 0.2) is 0 Å². The molecule has 0 unspecified atom stereocenters. The van der Waals surface area contributed by atoms with E-state index in [0.717, 1.165) is 55.2 Å². The number of aryl methyl sites for hydroxylation is 1. The van der Waals surface area contributed by atoms with E-state index in [4.69, 9.17) is 0 Å². The number of hydrogen-bond donors (Lipinski definition) is 1. The van der Waals surface area contributed by atoms with Crippen LogP contribution in [0.1, 0.15) is 39.5 Å². The molecule has 0 spiro atoms. The monoisotopic (exact) mass is 344 g/mol. The molecule has 0 saturated carbocycles. The van der Waals surface area contributed by atoms with Crippen molar-refractivity contribution in [3.05, 3.63) is 40.0 Å². The molecular weight excluding hydrogens is 320 g/mol. The molecule has 24 heavy (non-hydrogen) atoms. The summed E-state index contributed by atoms with van der Waals surface area (Å²) in [5.74, 6) is 1.55. The minimum Gasteiger partial charge on any atom is -0.372 e. The van der Waals surface area contributed by atoms with Gasteiger partial charge in [0.25, 0.3) is 5.91 Å². The van der Waals surface area contributed by atoms with Crippen molar-refractivity contribution in [2.45, 2.75) is 32.6 Å². The van der Waals surface area contributed by atoms with Crippen molar-refractivity contribution in [1.82, 2.24) is 14.9 Å². The van der Waals surface area contributed by atoms with Crippen molar-refractivity contribution >= 4 is 23.1 Å². The van der Waals surface area contributed by atoms with Gasteiger partial charge in [0, 0.05) is 25.0 Å². The highest BCUT2D eigenvalue weighted by molar-refractivity contribution is 7.13. The minimum absolute atomic E-state index is 0.187. The molecule has 1 aliphatic rings. The summed E-state index contributed by atoms with van der Waals surface area (Å²) in [4.78, 5) is 25.5. The zero-order valence-corrected chi connectivity index (χ0v) is 15.1. The number of aromatic nitrogens is 2. The molecular formula is C18H24N4OS. The first-order valence-corrected chi connectivity index (χ1v) is 9.31. The van der Waals surface area contributed by atoms with E-state index in [1.165, 1.54) is 4.88 Å². The van der Waals surface area contributed by atoms with Gasteiger partial charge in [-0.25, -0.2) is 4.98 Å². The smallest absolute Gasteiger partial charge is 0.263 e. The molecule has 5 nitrogen and oxygen atoms in total. The van der Waals surface area contributed by atoms with Crippen LogP contribution in [-0.4, -0.2) is 40.9 Å². The van der Waals surface area contributed by atoms with E-state index in [1.807, 2.05) is 37.2 Å². The predicted molar refractivity (Wildman–Crippen MR) is 97.6 cm³/mol. The summed E-state index contributed by atoms with van der Waals surface area (Å²) < 4.78 is 0. The summed E-state index contributed by atoms with van der Waals surface area (Å²) >= 11 is 1.59. The van der Waals surface area contributed by atoms with E-state index < -0.39 is 0 Å². The molecule has 1 saturated heterocycles. The summed E-state index contributed by atoms with van der Waals surface area (Å²) in [5, 5.41) is 2.99. The lowest BCUT2D eigenvalue weighted by atomic mass is 9.95. The number of rotatable bonds is 4. The van der Waals surface area contributed by atoms with Gasteiger partial charge in [-0.05, 0) is 50.7 Å². The van der Waals surface area contributed by atoms with Crippen LogP contribution in [0.4, 0.5) is 5.82 Å². The van der Waals surface area contributed by atoms with Crippen LogP contribution in [-0.2, 0) is 6.42 Å². The molecule has 6 heteroatoms. The molecule has 0 bridgehead atoms. The second-order valence-corrected chi connectivity index (χ2v) is 7.63. The Labute approximate surface area is 147 Å². The van der Waals surface area contributed by atoms with E-state index >= 15 is 0 Å². The molecule has 1 N–H and O–H groups in total. The third kappa shape index (κ3) is 4.12. The second-order valence-electron chi connectivity index (χ2n) is 6.35. The Morgan fingerprint density at radius 1 is 1.29 bits per heavy atom. The number of thiophene rings is 1. The van der Waals surface area contributed by atoms with E-state index in [0.29, 0.717) is 5.92 Å². The zero-order valence-electron chi connectivity index (χ0n) is 14.3. The molecule has 128 valence electrons. The fourth-order valence-corrected chi connectivity index (χ4v) is 4.00. The number of hydrogen-bond acceptors (Lipinski definition) is 5. The van der Waals surface area contributed by atoms with Crippen molar-refractivity contribution in [2.75, 3.05) is 25.5 Å². The molecule has 2 aromatic heterocycles. The van der Waals surface area contributed by atoms with Crippen molar-refractivity contribution in [2.24, 2.45) is 5.92 Å². The van der Waals surface area contributed by atoms with Gasteiger partial charge < -0.3 is 10.2 Å². The molecule has 0 aliphatic carbocycles. The van der Waals surface area contributed by atoms with Crippen LogP contribution in [0.25, 0.3) is 0 Å². The highest BCUT2D eigenvalue weighted by Gasteiger charge is 2.22. The average Bonchev–Trinajstić information content (AvgIpc) is 2.90. The van der Waals surface area contributed by atoms with Crippen molar-refractivity contribution < 1.29 is 4.79 Å². The number of nitrogens with zero attached hydrogens (tertiary/aromatic N) is 3. The first-order chi connectivity index (χ1) is 11.7. The minimum atomic E-state index is 0.187. The number of carbonyl (C=O) groups is 1. The highest BCUT2D eigenvalue weighted by atomic mass is 32.1. The summed E-state index contributed by atoms with van der Waals surface area (Å²) in [7, 11) is 1.84. The molecule has 1 atom stereocenters. The molecule has 1 amide bonds. The van der Waals surface area contributed by atoms with Gasteiger partial charge in [-0.1, -0.05) is 0 Å². The second kappa shape index (κ2) is 7.75. The summed E-state index contributed by atoms with van der Waals surface area (Å²) in [6.07, 6.45) is 7.81. The lowest BCUT2D eigenvalue weighted by molar-refractivity contribution is 0.0765. The van der Waals surface area contributed by atoms with Gasteiger partial charge in [0.2, 0.25) is 0 Å². The summed E-state index contributed by atoms with van der Waals surface area (Å²) in [6, 6.07) is 3.97. The highest BCUT2D eigenvalue weighted by Crippen LogP contribution is 2.24. The largest absolute Gasteiger partial charge is 0.372 e. The van der Waals surface area contributed by atoms with Crippen LogP contribution in [0.2, 0.25) is 0 Å². The third-order valence-corrected chi connectivity index (χ3v) is 5.53. The Kier molecular flexibility index (Phi) is 5.45. The first-order valence-electron chi connectivity index (χ1n) is 8.50. The first kappa shape index (κ1) is 16.9. The van der Waals surface area contributed by atoms with Gasteiger partial charge in [0.05, 0.1) is 23.0 Å². The van der Waals surface area contributed by atoms with E-state index in [9.17, 15) is 4.79 Å². The maximum Gasteiger partial charge on any atom is 0.263 e. The average molecular weight is 344 g/mol. The van der Waals surface area contributed by atoms with Gasteiger partial charge in [-0.3, -0.25) is 9.78 Å². The number of amides is 1. The van der Waals surface area contributed by atoms with E-state index in [1.54, 1.807) is 17.5 Å². The quantitative estimate of drug-likeness (QED) is 0.924. The van der Waals surface area contributed by atoms with Crippen molar-refractivity contribution in [1.29, 1.82) is 0 Å². The Hall–Kier alpha value is -1.95. The zero-order chi connectivity index (χ0) is 16.9. The standard InChI is InChI=1S/C18H24N4OS/c1-13-5-6-16(24-13)18(23)22-8-3-4-14(7-9-22)10-15-11-21-17(19-2)12-20-15/h5-6,11-12,14H,3-4,7-10H2,1-2H3,(H,19,21)/t14-/m1/s1. The van der Waals surface area contributed by atoms with Gasteiger partial charge in [-0.15, -0.1) is 11.3 Å². The fourth-order valence-electron chi connectivity index (χ4n) is 3.16. The number of carbonyl (C=O) groups excluding carboxylic acids is 1. The summed E-state index contributed by atoms with van der Waals surface area (Å²) in [6.45, 7) is 3.74. The lowest BCUT2D eigenvalue weighted by Gasteiger charge is -2.19. The molecule has 3 heterocycles. The number of anilines is 1. The topological polar surface area (TPSA) is 58.1 Å². The molecule has 1 fully saturated rings. The van der Waals surface area contributed by atoms with Crippen LogP contribution in [0.3, 0.4) is 0 Å². The number of likely N-dealkylation sites (tertiary alicyclic amines) is 1. The van der Waals surface area contributed by atoms with Gasteiger partial charge in [0.1, 0.15) is 5.82 Å². The van der Waals surface area contributed by atoms with E-state index in [-0.39, 0.29) is 5.91 Å². The summed E-state index contributed by atoms with van der Waals surface area (Å²) in [5.41, 5.74) is 1.03. The SMILES string of the molecule is CNc1cnc(C[C@@H]2CCCN(C(=O)c3ccc(C)s3)CC2)cn1. The molecule has 0 radical (unpaired) electrons. The lowest BCUT2D eigenvalue weighted by Crippen LogP contribution is -2.31.